The number of rotatable bonds is 4. The highest BCUT2D eigenvalue weighted by Gasteiger charge is 2.01. The average molecular weight is 206 g/mol. The monoisotopic (exact) mass is 206 g/mol. The third kappa shape index (κ3) is 4.42. The second-order valence-corrected chi connectivity index (χ2v) is 3.14. The van der Waals surface area contributed by atoms with Crippen molar-refractivity contribution in [2.45, 2.75) is 12.5 Å². The predicted molar refractivity (Wildman–Crippen MR) is 57.3 cm³/mol. The van der Waals surface area contributed by atoms with E-state index in [1.807, 2.05) is 30.3 Å². The molecule has 0 bridgehead atoms. The molecule has 3 heteroatoms. The molecule has 0 radical (unpaired) electrons. The number of carbonyl (C=O) groups excluding carboxylic acids is 1. The summed E-state index contributed by atoms with van der Waals surface area (Å²) in [7, 11) is 1.30. The molecule has 0 saturated heterocycles. The lowest BCUT2D eigenvalue weighted by molar-refractivity contribution is -0.134. The van der Waals surface area contributed by atoms with E-state index in [2.05, 4.69) is 4.74 Å². The van der Waals surface area contributed by atoms with Gasteiger partial charge in [0.25, 0.3) is 0 Å². The SMILES string of the molecule is COC(=O)/C=C/[C@H](O)Cc1ccccc1. The Bertz CT molecular complexity index is 330. The summed E-state index contributed by atoms with van der Waals surface area (Å²) in [4.78, 5) is 10.7. The fourth-order valence-corrected chi connectivity index (χ4v) is 1.18. The number of hydrogen-bond donors (Lipinski definition) is 1. The van der Waals surface area contributed by atoms with Crippen LogP contribution in [0.5, 0.6) is 0 Å². The average Bonchev–Trinajstić information content (AvgIpc) is 2.27. The van der Waals surface area contributed by atoms with Crippen LogP contribution >= 0.6 is 0 Å². The van der Waals surface area contributed by atoms with Crippen molar-refractivity contribution < 1.29 is 14.6 Å². The molecule has 0 heterocycles. The molecule has 1 atom stereocenters. The van der Waals surface area contributed by atoms with Crippen LogP contribution in [-0.4, -0.2) is 24.3 Å². The Morgan fingerprint density at radius 2 is 2.13 bits per heavy atom. The van der Waals surface area contributed by atoms with E-state index in [9.17, 15) is 9.90 Å². The van der Waals surface area contributed by atoms with Crippen molar-refractivity contribution in [1.29, 1.82) is 0 Å². The van der Waals surface area contributed by atoms with Crippen molar-refractivity contribution >= 4 is 5.97 Å². The smallest absolute Gasteiger partial charge is 0.330 e. The van der Waals surface area contributed by atoms with Gasteiger partial charge in [-0.1, -0.05) is 30.3 Å². The molecule has 0 spiro atoms. The Kier molecular flexibility index (Phi) is 4.57. The molecule has 0 aliphatic heterocycles. The first kappa shape index (κ1) is 11.5. The molecule has 1 rings (SSSR count). The summed E-state index contributed by atoms with van der Waals surface area (Å²) in [5.41, 5.74) is 1.03. The zero-order valence-corrected chi connectivity index (χ0v) is 8.59. The molecular formula is C12H14O3. The lowest BCUT2D eigenvalue weighted by Gasteiger charge is -2.04. The van der Waals surface area contributed by atoms with E-state index in [0.29, 0.717) is 6.42 Å². The number of carbonyl (C=O) groups is 1. The van der Waals surface area contributed by atoms with Crippen molar-refractivity contribution in [2.75, 3.05) is 7.11 Å². The molecule has 0 saturated carbocycles. The largest absolute Gasteiger partial charge is 0.466 e. The molecule has 80 valence electrons. The van der Waals surface area contributed by atoms with Crippen molar-refractivity contribution in [2.24, 2.45) is 0 Å². The highest BCUT2D eigenvalue weighted by Crippen LogP contribution is 2.03. The fourth-order valence-electron chi connectivity index (χ4n) is 1.18. The van der Waals surface area contributed by atoms with Crippen molar-refractivity contribution in [3.63, 3.8) is 0 Å². The summed E-state index contributed by atoms with van der Waals surface area (Å²) < 4.78 is 4.41. The first-order valence-corrected chi connectivity index (χ1v) is 4.70. The van der Waals surface area contributed by atoms with E-state index < -0.39 is 12.1 Å². The van der Waals surface area contributed by atoms with E-state index in [0.717, 1.165) is 5.56 Å². The van der Waals surface area contributed by atoms with Gasteiger partial charge in [-0.05, 0) is 11.6 Å². The lowest BCUT2D eigenvalue weighted by atomic mass is 10.1. The quantitative estimate of drug-likeness (QED) is 0.597. The van der Waals surface area contributed by atoms with Crippen LogP contribution in [0.25, 0.3) is 0 Å². The van der Waals surface area contributed by atoms with Gasteiger partial charge in [0, 0.05) is 12.5 Å². The van der Waals surface area contributed by atoms with Crippen LogP contribution in [0, 0.1) is 0 Å². The summed E-state index contributed by atoms with van der Waals surface area (Å²) in [6, 6.07) is 9.59. The summed E-state index contributed by atoms with van der Waals surface area (Å²) in [5.74, 6) is -0.456. The molecule has 1 N–H and O–H groups in total. The van der Waals surface area contributed by atoms with Gasteiger partial charge in [-0.2, -0.15) is 0 Å². The van der Waals surface area contributed by atoms with Crippen LogP contribution in [0.2, 0.25) is 0 Å². The molecule has 3 nitrogen and oxygen atoms in total. The summed E-state index contributed by atoms with van der Waals surface area (Å²) in [6.45, 7) is 0. The second-order valence-electron chi connectivity index (χ2n) is 3.14. The Morgan fingerprint density at radius 1 is 1.47 bits per heavy atom. The summed E-state index contributed by atoms with van der Waals surface area (Å²) in [5, 5.41) is 9.55. The van der Waals surface area contributed by atoms with E-state index in [4.69, 9.17) is 0 Å². The fraction of sp³-hybridized carbons (Fsp3) is 0.250. The molecule has 0 aliphatic carbocycles. The number of methoxy groups -OCH3 is 1. The molecule has 0 unspecified atom stereocenters. The third-order valence-corrected chi connectivity index (χ3v) is 1.94. The van der Waals surface area contributed by atoms with Crippen LogP contribution in [0.3, 0.4) is 0 Å². The van der Waals surface area contributed by atoms with E-state index in [1.165, 1.54) is 19.3 Å². The number of benzene rings is 1. The maximum absolute atomic E-state index is 10.7. The number of aliphatic hydroxyl groups is 1. The van der Waals surface area contributed by atoms with Crippen molar-refractivity contribution in [3.8, 4) is 0 Å². The number of esters is 1. The highest BCUT2D eigenvalue weighted by molar-refractivity contribution is 5.81. The molecule has 0 aliphatic rings. The van der Waals surface area contributed by atoms with Crippen molar-refractivity contribution in [1.82, 2.24) is 0 Å². The minimum atomic E-state index is -0.661. The maximum Gasteiger partial charge on any atom is 0.330 e. The van der Waals surface area contributed by atoms with Crippen LogP contribution in [-0.2, 0) is 16.0 Å². The topological polar surface area (TPSA) is 46.5 Å². The molecule has 1 aromatic rings. The van der Waals surface area contributed by atoms with Gasteiger partial charge < -0.3 is 9.84 Å². The molecule has 0 amide bonds. The van der Waals surface area contributed by atoms with Crippen molar-refractivity contribution in [3.05, 3.63) is 48.0 Å². The standard InChI is InChI=1S/C12H14O3/c1-15-12(14)8-7-11(13)9-10-5-3-2-4-6-10/h2-8,11,13H,9H2,1H3/b8-7+/t11-/m0/s1. The van der Waals surface area contributed by atoms with Gasteiger partial charge in [-0.3, -0.25) is 0 Å². The minimum Gasteiger partial charge on any atom is -0.466 e. The Balaban J connectivity index is 2.46. The van der Waals surface area contributed by atoms with Crippen LogP contribution in [0.1, 0.15) is 5.56 Å². The summed E-state index contributed by atoms with van der Waals surface area (Å²) >= 11 is 0. The van der Waals surface area contributed by atoms with Gasteiger partial charge >= 0.3 is 5.97 Å². The lowest BCUT2D eigenvalue weighted by Crippen LogP contribution is -2.07. The Labute approximate surface area is 89.0 Å². The van der Waals surface area contributed by atoms with Gasteiger partial charge in [-0.15, -0.1) is 0 Å². The second kappa shape index (κ2) is 5.98. The first-order chi connectivity index (χ1) is 7.22. The van der Waals surface area contributed by atoms with Crippen LogP contribution in [0.15, 0.2) is 42.5 Å². The zero-order valence-electron chi connectivity index (χ0n) is 8.59. The van der Waals surface area contributed by atoms with E-state index >= 15 is 0 Å². The van der Waals surface area contributed by atoms with E-state index in [-0.39, 0.29) is 0 Å². The van der Waals surface area contributed by atoms with Gasteiger partial charge in [-0.25, -0.2) is 4.79 Å². The molecule has 1 aromatic carbocycles. The predicted octanol–water partition coefficient (Wildman–Crippen LogP) is 1.32. The highest BCUT2D eigenvalue weighted by atomic mass is 16.5. The molecule has 15 heavy (non-hydrogen) atoms. The normalized spacial score (nSPS) is 12.7. The van der Waals surface area contributed by atoms with E-state index in [1.54, 1.807) is 0 Å². The zero-order chi connectivity index (χ0) is 11.1. The first-order valence-electron chi connectivity index (χ1n) is 4.70. The molecule has 0 fully saturated rings. The maximum atomic E-state index is 10.7. The van der Waals surface area contributed by atoms with Gasteiger partial charge in [0.15, 0.2) is 0 Å². The third-order valence-electron chi connectivity index (χ3n) is 1.94. The Morgan fingerprint density at radius 3 is 2.73 bits per heavy atom. The summed E-state index contributed by atoms with van der Waals surface area (Å²) in [6.07, 6.45) is 2.49. The molecule has 0 aromatic heterocycles. The minimum absolute atomic E-state index is 0.456. The van der Waals surface area contributed by atoms with Gasteiger partial charge in [0.05, 0.1) is 13.2 Å². The van der Waals surface area contributed by atoms with Gasteiger partial charge in [0.2, 0.25) is 0 Å². The van der Waals surface area contributed by atoms with Crippen LogP contribution in [0.4, 0.5) is 0 Å². The van der Waals surface area contributed by atoms with Crippen LogP contribution < -0.4 is 0 Å². The number of hydrogen-bond acceptors (Lipinski definition) is 3. The number of ether oxygens (including phenoxy) is 1. The Hall–Kier alpha value is -1.61. The molecular weight excluding hydrogens is 192 g/mol. The number of aliphatic hydroxyl groups excluding tert-OH is 1. The van der Waals surface area contributed by atoms with Gasteiger partial charge in [0.1, 0.15) is 0 Å².